The van der Waals surface area contributed by atoms with Crippen molar-refractivity contribution in [2.75, 3.05) is 26.8 Å². The second kappa shape index (κ2) is 6.90. The minimum atomic E-state index is 0.288. The Balaban J connectivity index is 2.51. The summed E-state index contributed by atoms with van der Waals surface area (Å²) >= 11 is 0. The molecule has 0 aromatic carbocycles. The summed E-state index contributed by atoms with van der Waals surface area (Å²) in [7, 11) is 3.70. The molecule has 1 atom stereocenters. The first kappa shape index (κ1) is 15.2. The van der Waals surface area contributed by atoms with E-state index in [-0.39, 0.29) is 5.41 Å². The van der Waals surface area contributed by atoms with Gasteiger partial charge in [-0.1, -0.05) is 20.8 Å². The Labute approximate surface area is 111 Å². The standard InChI is InChI=1S/C14H27N3O/c1-14(2,3)13(10-15-6-7-18-5)8-12-9-16-17(4)11-12/h9,11,13,15H,6-8,10H2,1-5H3. The van der Waals surface area contributed by atoms with Crippen LogP contribution >= 0.6 is 0 Å². The van der Waals surface area contributed by atoms with Crippen molar-refractivity contribution in [1.82, 2.24) is 15.1 Å². The number of nitrogens with one attached hydrogen (secondary N) is 1. The van der Waals surface area contributed by atoms with Gasteiger partial charge in [0.1, 0.15) is 0 Å². The van der Waals surface area contributed by atoms with Crippen molar-refractivity contribution < 1.29 is 4.74 Å². The number of aryl methyl sites for hydroxylation is 1. The van der Waals surface area contributed by atoms with Crippen molar-refractivity contribution in [3.8, 4) is 0 Å². The highest BCUT2D eigenvalue weighted by Gasteiger charge is 2.24. The lowest BCUT2D eigenvalue weighted by atomic mass is 9.77. The van der Waals surface area contributed by atoms with E-state index in [4.69, 9.17) is 4.74 Å². The molecule has 0 aliphatic rings. The summed E-state index contributed by atoms with van der Waals surface area (Å²) in [4.78, 5) is 0. The first-order valence-electron chi connectivity index (χ1n) is 6.60. The van der Waals surface area contributed by atoms with Gasteiger partial charge in [-0.25, -0.2) is 0 Å². The monoisotopic (exact) mass is 253 g/mol. The molecule has 0 amide bonds. The van der Waals surface area contributed by atoms with Crippen LogP contribution in [0.3, 0.4) is 0 Å². The molecule has 18 heavy (non-hydrogen) atoms. The predicted octanol–water partition coefficient (Wildman–Crippen LogP) is 1.86. The third-order valence-corrected chi connectivity index (χ3v) is 3.34. The van der Waals surface area contributed by atoms with Crippen molar-refractivity contribution in [2.24, 2.45) is 18.4 Å². The molecule has 1 rings (SSSR count). The first-order valence-corrected chi connectivity index (χ1v) is 6.60. The van der Waals surface area contributed by atoms with Crippen LogP contribution in [0, 0.1) is 11.3 Å². The quantitative estimate of drug-likeness (QED) is 0.754. The van der Waals surface area contributed by atoms with Gasteiger partial charge < -0.3 is 10.1 Å². The number of methoxy groups -OCH3 is 1. The molecule has 0 aliphatic carbocycles. The maximum Gasteiger partial charge on any atom is 0.0587 e. The average Bonchev–Trinajstić information content (AvgIpc) is 2.67. The van der Waals surface area contributed by atoms with E-state index in [1.165, 1.54) is 5.56 Å². The summed E-state index contributed by atoms with van der Waals surface area (Å²) in [5, 5.41) is 7.71. The Morgan fingerprint density at radius 2 is 2.17 bits per heavy atom. The van der Waals surface area contributed by atoms with E-state index in [1.54, 1.807) is 7.11 Å². The Bertz CT molecular complexity index is 341. The fourth-order valence-electron chi connectivity index (χ4n) is 2.00. The highest BCUT2D eigenvalue weighted by atomic mass is 16.5. The van der Waals surface area contributed by atoms with Gasteiger partial charge in [0.2, 0.25) is 0 Å². The number of rotatable bonds is 7. The normalized spacial score (nSPS) is 13.8. The maximum atomic E-state index is 5.06. The van der Waals surface area contributed by atoms with E-state index in [1.807, 2.05) is 17.9 Å². The Hall–Kier alpha value is -0.870. The molecule has 0 radical (unpaired) electrons. The third-order valence-electron chi connectivity index (χ3n) is 3.34. The molecule has 0 spiro atoms. The molecule has 104 valence electrons. The number of aromatic nitrogens is 2. The van der Waals surface area contributed by atoms with E-state index in [0.717, 1.165) is 26.1 Å². The molecule has 1 aromatic heterocycles. The summed E-state index contributed by atoms with van der Waals surface area (Å²) in [5.41, 5.74) is 1.60. The van der Waals surface area contributed by atoms with Crippen LogP contribution in [-0.2, 0) is 18.2 Å². The van der Waals surface area contributed by atoms with Crippen molar-refractivity contribution in [3.63, 3.8) is 0 Å². The molecule has 0 aliphatic heterocycles. The molecule has 1 heterocycles. The summed E-state index contributed by atoms with van der Waals surface area (Å²) in [6, 6.07) is 0. The molecular formula is C14H27N3O. The van der Waals surface area contributed by atoms with Crippen molar-refractivity contribution in [2.45, 2.75) is 27.2 Å². The highest BCUT2D eigenvalue weighted by Crippen LogP contribution is 2.28. The largest absolute Gasteiger partial charge is 0.383 e. The van der Waals surface area contributed by atoms with Crippen molar-refractivity contribution in [1.29, 1.82) is 0 Å². The van der Waals surface area contributed by atoms with Gasteiger partial charge in [-0.05, 0) is 29.9 Å². The predicted molar refractivity (Wildman–Crippen MR) is 74.6 cm³/mol. The molecular weight excluding hydrogens is 226 g/mol. The van der Waals surface area contributed by atoms with Gasteiger partial charge in [-0.15, -0.1) is 0 Å². The molecule has 1 N–H and O–H groups in total. The summed E-state index contributed by atoms with van der Waals surface area (Å²) in [5.74, 6) is 0.596. The topological polar surface area (TPSA) is 39.1 Å². The molecule has 4 heteroatoms. The first-order chi connectivity index (χ1) is 8.43. The van der Waals surface area contributed by atoms with Crippen molar-refractivity contribution >= 4 is 0 Å². The smallest absolute Gasteiger partial charge is 0.0587 e. The molecule has 1 unspecified atom stereocenters. The minimum absolute atomic E-state index is 0.288. The number of hydrogen-bond donors (Lipinski definition) is 1. The second-order valence-corrected chi connectivity index (χ2v) is 5.99. The van der Waals surface area contributed by atoms with Gasteiger partial charge in [0.25, 0.3) is 0 Å². The Morgan fingerprint density at radius 1 is 1.44 bits per heavy atom. The SMILES string of the molecule is COCCNCC(Cc1cnn(C)c1)C(C)(C)C. The molecule has 0 saturated heterocycles. The Kier molecular flexibility index (Phi) is 5.82. The number of hydrogen-bond acceptors (Lipinski definition) is 3. The van der Waals surface area contributed by atoms with Crippen LogP contribution in [0.5, 0.6) is 0 Å². The lowest BCUT2D eigenvalue weighted by molar-refractivity contribution is 0.186. The summed E-state index contributed by atoms with van der Waals surface area (Å²) < 4.78 is 6.92. The highest BCUT2D eigenvalue weighted by molar-refractivity contribution is 5.06. The van der Waals surface area contributed by atoms with Crippen LogP contribution < -0.4 is 5.32 Å². The van der Waals surface area contributed by atoms with Crippen LogP contribution in [-0.4, -0.2) is 36.6 Å². The van der Waals surface area contributed by atoms with Crippen LogP contribution in [0.15, 0.2) is 12.4 Å². The van der Waals surface area contributed by atoms with E-state index >= 15 is 0 Å². The van der Waals surface area contributed by atoms with Crippen molar-refractivity contribution in [3.05, 3.63) is 18.0 Å². The molecule has 0 fully saturated rings. The molecule has 4 nitrogen and oxygen atoms in total. The number of nitrogens with zero attached hydrogens (tertiary/aromatic N) is 2. The number of ether oxygens (including phenoxy) is 1. The van der Waals surface area contributed by atoms with Gasteiger partial charge in [-0.2, -0.15) is 5.10 Å². The zero-order valence-electron chi connectivity index (χ0n) is 12.4. The van der Waals surface area contributed by atoms with Crippen LogP contribution in [0.2, 0.25) is 0 Å². The van der Waals surface area contributed by atoms with E-state index in [2.05, 4.69) is 37.4 Å². The van der Waals surface area contributed by atoms with E-state index in [0.29, 0.717) is 5.92 Å². The van der Waals surface area contributed by atoms with Crippen LogP contribution in [0.4, 0.5) is 0 Å². The van der Waals surface area contributed by atoms with E-state index < -0.39 is 0 Å². The fourth-order valence-corrected chi connectivity index (χ4v) is 2.00. The molecule has 1 aromatic rings. The van der Waals surface area contributed by atoms with E-state index in [9.17, 15) is 0 Å². The Morgan fingerprint density at radius 3 is 2.67 bits per heavy atom. The minimum Gasteiger partial charge on any atom is -0.383 e. The average molecular weight is 253 g/mol. The van der Waals surface area contributed by atoms with Crippen LogP contribution in [0.25, 0.3) is 0 Å². The third kappa shape index (κ3) is 5.19. The molecule has 0 bridgehead atoms. The fraction of sp³-hybridized carbons (Fsp3) is 0.786. The molecule has 0 saturated carbocycles. The summed E-state index contributed by atoms with van der Waals surface area (Å²) in [6.07, 6.45) is 5.14. The zero-order chi connectivity index (χ0) is 13.6. The maximum absolute atomic E-state index is 5.06. The second-order valence-electron chi connectivity index (χ2n) is 5.99. The van der Waals surface area contributed by atoms with Gasteiger partial charge in [0.15, 0.2) is 0 Å². The van der Waals surface area contributed by atoms with Gasteiger partial charge in [-0.3, -0.25) is 4.68 Å². The van der Waals surface area contributed by atoms with Crippen LogP contribution in [0.1, 0.15) is 26.3 Å². The van der Waals surface area contributed by atoms with Gasteiger partial charge in [0, 0.05) is 26.9 Å². The zero-order valence-corrected chi connectivity index (χ0v) is 12.4. The van der Waals surface area contributed by atoms with Gasteiger partial charge in [0.05, 0.1) is 12.8 Å². The summed E-state index contributed by atoms with van der Waals surface area (Å²) in [6.45, 7) is 9.59. The van der Waals surface area contributed by atoms with Gasteiger partial charge >= 0.3 is 0 Å². The lowest BCUT2D eigenvalue weighted by Crippen LogP contribution is -2.34. The lowest BCUT2D eigenvalue weighted by Gasteiger charge is -2.31.